The minimum atomic E-state index is -0.163. The fourth-order valence-electron chi connectivity index (χ4n) is 2.16. The normalized spacial score (nSPS) is 10.5. The van der Waals surface area contributed by atoms with Crippen molar-refractivity contribution in [1.29, 1.82) is 0 Å². The van der Waals surface area contributed by atoms with Crippen LogP contribution in [0.4, 0.5) is 0 Å². The Morgan fingerprint density at radius 2 is 2.13 bits per heavy atom. The Morgan fingerprint density at radius 3 is 2.87 bits per heavy atom. The molecule has 0 saturated heterocycles. The molecule has 0 spiro atoms. The molecule has 0 atom stereocenters. The Balaban J connectivity index is 1.93. The minimum absolute atomic E-state index is 0.0231. The molecule has 0 bridgehead atoms. The number of aromatic nitrogens is 3. The summed E-state index contributed by atoms with van der Waals surface area (Å²) in [6, 6.07) is 6.91. The summed E-state index contributed by atoms with van der Waals surface area (Å²) in [5, 5.41) is 7.21. The summed E-state index contributed by atoms with van der Waals surface area (Å²) in [7, 11) is 0. The fraction of sp³-hybridized carbons (Fsp3) is 0.412. The molecule has 2 aromatic heterocycles. The van der Waals surface area contributed by atoms with E-state index in [0.29, 0.717) is 31.6 Å². The zero-order valence-corrected chi connectivity index (χ0v) is 13.4. The third-order valence-electron chi connectivity index (χ3n) is 3.45. The molecule has 0 aliphatic carbocycles. The molecule has 0 unspecified atom stereocenters. The van der Waals surface area contributed by atoms with Crippen LogP contribution in [0.5, 0.6) is 0 Å². The van der Waals surface area contributed by atoms with Crippen LogP contribution in [0.15, 0.2) is 41.5 Å². The third-order valence-corrected chi connectivity index (χ3v) is 3.45. The van der Waals surface area contributed by atoms with E-state index in [2.05, 4.69) is 22.3 Å². The van der Waals surface area contributed by atoms with Gasteiger partial charge in [0, 0.05) is 43.5 Å². The van der Waals surface area contributed by atoms with Crippen LogP contribution in [0, 0.1) is 0 Å². The Bertz CT molecular complexity index is 682. The monoisotopic (exact) mass is 314 g/mol. The molecule has 23 heavy (non-hydrogen) atoms. The lowest BCUT2D eigenvalue weighted by atomic mass is 10.2. The predicted molar refractivity (Wildman–Crippen MR) is 88.9 cm³/mol. The van der Waals surface area contributed by atoms with Crippen molar-refractivity contribution in [3.63, 3.8) is 0 Å². The molecule has 0 saturated carbocycles. The lowest BCUT2D eigenvalue weighted by Crippen LogP contribution is -2.26. The smallest absolute Gasteiger partial charge is 0.266 e. The number of unbranched alkanes of at least 4 members (excludes halogenated alkanes) is 1. The van der Waals surface area contributed by atoms with E-state index in [1.54, 1.807) is 18.5 Å². The molecule has 6 heteroatoms. The van der Waals surface area contributed by atoms with Crippen LogP contribution in [-0.2, 0) is 11.3 Å². The van der Waals surface area contributed by atoms with E-state index >= 15 is 0 Å². The summed E-state index contributed by atoms with van der Waals surface area (Å²) in [5.41, 5.74) is 1.40. The lowest BCUT2D eigenvalue weighted by molar-refractivity contribution is -0.121. The maximum Gasteiger partial charge on any atom is 0.266 e. The predicted octanol–water partition coefficient (Wildman–Crippen LogP) is 2.00. The van der Waals surface area contributed by atoms with E-state index in [4.69, 9.17) is 0 Å². The zero-order valence-electron chi connectivity index (χ0n) is 13.4. The van der Waals surface area contributed by atoms with Crippen LogP contribution in [0.2, 0.25) is 0 Å². The average Bonchev–Trinajstić information content (AvgIpc) is 2.57. The van der Waals surface area contributed by atoms with E-state index in [-0.39, 0.29) is 11.5 Å². The molecule has 0 aliphatic heterocycles. The first-order chi connectivity index (χ1) is 11.2. The van der Waals surface area contributed by atoms with Crippen molar-refractivity contribution in [3.8, 4) is 11.3 Å². The number of hydrogen-bond donors (Lipinski definition) is 1. The van der Waals surface area contributed by atoms with E-state index in [1.165, 1.54) is 10.7 Å². The van der Waals surface area contributed by atoms with Crippen LogP contribution in [0.1, 0.15) is 32.6 Å². The quantitative estimate of drug-likeness (QED) is 0.756. The van der Waals surface area contributed by atoms with Gasteiger partial charge in [-0.05, 0) is 31.0 Å². The number of nitrogens with zero attached hydrogens (tertiary/aromatic N) is 3. The minimum Gasteiger partial charge on any atom is -0.356 e. The molecule has 0 radical (unpaired) electrons. The van der Waals surface area contributed by atoms with Crippen molar-refractivity contribution < 1.29 is 4.79 Å². The molecule has 2 rings (SSSR count). The highest BCUT2D eigenvalue weighted by atomic mass is 16.1. The molecule has 1 N–H and O–H groups in total. The number of rotatable bonds is 8. The van der Waals surface area contributed by atoms with Crippen LogP contribution in [0.3, 0.4) is 0 Å². The SMILES string of the molecule is CCCCNC(=O)CCCn1nc(-c2cccnc2)ccc1=O. The van der Waals surface area contributed by atoms with Crippen molar-refractivity contribution in [2.45, 2.75) is 39.2 Å². The number of hydrogen-bond acceptors (Lipinski definition) is 4. The molecule has 1 amide bonds. The number of amides is 1. The largest absolute Gasteiger partial charge is 0.356 e. The van der Waals surface area contributed by atoms with E-state index in [1.807, 2.05) is 12.1 Å². The van der Waals surface area contributed by atoms with Gasteiger partial charge >= 0.3 is 0 Å². The van der Waals surface area contributed by atoms with Crippen LogP contribution >= 0.6 is 0 Å². The van der Waals surface area contributed by atoms with Crippen molar-refractivity contribution >= 4 is 5.91 Å². The summed E-state index contributed by atoms with van der Waals surface area (Å²) in [4.78, 5) is 27.6. The Morgan fingerprint density at radius 1 is 1.26 bits per heavy atom. The van der Waals surface area contributed by atoms with Gasteiger partial charge < -0.3 is 5.32 Å². The van der Waals surface area contributed by atoms with Gasteiger partial charge in [-0.3, -0.25) is 14.6 Å². The fourth-order valence-corrected chi connectivity index (χ4v) is 2.16. The van der Waals surface area contributed by atoms with Crippen molar-refractivity contribution in [3.05, 3.63) is 47.0 Å². The number of carbonyl (C=O) groups is 1. The Labute approximate surface area is 135 Å². The standard InChI is InChI=1S/C17H22N4O2/c1-2-3-11-19-16(22)7-5-12-21-17(23)9-8-15(20-21)14-6-4-10-18-13-14/h4,6,8-10,13H,2-3,5,7,11-12H2,1H3,(H,19,22). The summed E-state index contributed by atoms with van der Waals surface area (Å²) < 4.78 is 1.40. The van der Waals surface area contributed by atoms with Crippen molar-refractivity contribution in [1.82, 2.24) is 20.1 Å². The molecule has 0 fully saturated rings. The van der Waals surface area contributed by atoms with Crippen molar-refractivity contribution in [2.24, 2.45) is 0 Å². The van der Waals surface area contributed by atoms with E-state index in [9.17, 15) is 9.59 Å². The second kappa shape index (κ2) is 8.82. The molecular weight excluding hydrogens is 292 g/mol. The molecule has 0 aromatic carbocycles. The van der Waals surface area contributed by atoms with Gasteiger partial charge in [0.2, 0.25) is 5.91 Å². The molecule has 2 heterocycles. The summed E-state index contributed by atoms with van der Waals surface area (Å²) in [6.07, 6.45) is 6.42. The average molecular weight is 314 g/mol. The number of carbonyl (C=O) groups excluding carboxylic acids is 1. The maximum atomic E-state index is 11.9. The molecule has 0 aliphatic rings. The summed E-state index contributed by atoms with van der Waals surface area (Å²) in [5.74, 6) is 0.0231. The molecular formula is C17H22N4O2. The summed E-state index contributed by atoms with van der Waals surface area (Å²) >= 11 is 0. The van der Waals surface area contributed by atoms with Gasteiger partial charge in [0.25, 0.3) is 5.56 Å². The highest BCUT2D eigenvalue weighted by molar-refractivity contribution is 5.75. The number of nitrogens with one attached hydrogen (secondary N) is 1. The highest BCUT2D eigenvalue weighted by Crippen LogP contribution is 2.12. The van der Waals surface area contributed by atoms with Crippen molar-refractivity contribution in [2.75, 3.05) is 6.54 Å². The van der Waals surface area contributed by atoms with Crippen LogP contribution in [-0.4, -0.2) is 27.2 Å². The number of pyridine rings is 1. The first-order valence-corrected chi connectivity index (χ1v) is 7.96. The van der Waals surface area contributed by atoms with Gasteiger partial charge in [-0.2, -0.15) is 5.10 Å². The second-order valence-corrected chi connectivity index (χ2v) is 5.33. The van der Waals surface area contributed by atoms with Crippen LogP contribution < -0.4 is 10.9 Å². The van der Waals surface area contributed by atoms with Gasteiger partial charge in [-0.15, -0.1) is 0 Å². The van der Waals surface area contributed by atoms with Gasteiger partial charge in [-0.1, -0.05) is 13.3 Å². The van der Waals surface area contributed by atoms with Gasteiger partial charge in [0.15, 0.2) is 0 Å². The second-order valence-electron chi connectivity index (χ2n) is 5.33. The van der Waals surface area contributed by atoms with E-state index < -0.39 is 0 Å². The van der Waals surface area contributed by atoms with Gasteiger partial charge in [0.05, 0.1) is 5.69 Å². The first kappa shape index (κ1) is 16.9. The van der Waals surface area contributed by atoms with E-state index in [0.717, 1.165) is 18.4 Å². The topological polar surface area (TPSA) is 76.9 Å². The Hall–Kier alpha value is -2.50. The zero-order chi connectivity index (χ0) is 16.5. The molecule has 6 nitrogen and oxygen atoms in total. The van der Waals surface area contributed by atoms with Gasteiger partial charge in [0.1, 0.15) is 0 Å². The summed E-state index contributed by atoms with van der Waals surface area (Å²) in [6.45, 7) is 3.22. The highest BCUT2D eigenvalue weighted by Gasteiger charge is 2.05. The van der Waals surface area contributed by atoms with Crippen LogP contribution in [0.25, 0.3) is 11.3 Å². The Kier molecular flexibility index (Phi) is 6.47. The first-order valence-electron chi connectivity index (χ1n) is 7.96. The molecule has 2 aromatic rings. The molecule has 122 valence electrons. The lowest BCUT2D eigenvalue weighted by Gasteiger charge is -2.07. The third kappa shape index (κ3) is 5.32. The maximum absolute atomic E-state index is 11.9. The van der Waals surface area contributed by atoms with Gasteiger partial charge in [-0.25, -0.2) is 4.68 Å². The number of aryl methyl sites for hydroxylation is 1.